The van der Waals surface area contributed by atoms with Gasteiger partial charge in [-0.05, 0) is 36.8 Å². The Balaban J connectivity index is 1.34. The number of carbonyl (C=O) groups is 1. The predicted molar refractivity (Wildman–Crippen MR) is 83.7 cm³/mol. The van der Waals surface area contributed by atoms with Crippen molar-refractivity contribution in [2.45, 2.75) is 25.3 Å². The highest BCUT2D eigenvalue weighted by molar-refractivity contribution is 5.92. The molecule has 1 spiro atoms. The molecule has 2 aromatic rings. The second kappa shape index (κ2) is 5.57. The van der Waals surface area contributed by atoms with E-state index in [1.807, 2.05) is 4.90 Å². The minimum absolute atomic E-state index is 0.00655. The largest absolute Gasteiger partial charge is 0.351 e. The fourth-order valence-corrected chi connectivity index (χ4v) is 3.66. The van der Waals surface area contributed by atoms with E-state index in [4.69, 9.17) is 0 Å². The van der Waals surface area contributed by atoms with E-state index in [1.165, 1.54) is 6.33 Å². The van der Waals surface area contributed by atoms with Gasteiger partial charge in [-0.3, -0.25) is 4.79 Å². The normalized spacial score (nSPS) is 26.1. The van der Waals surface area contributed by atoms with Crippen molar-refractivity contribution in [2.75, 3.05) is 18.4 Å². The van der Waals surface area contributed by atoms with Crippen LogP contribution in [0.2, 0.25) is 0 Å². The minimum atomic E-state index is 0.00655. The third kappa shape index (κ3) is 2.74. The molecular formula is C16H18N6O. The van der Waals surface area contributed by atoms with Crippen LogP contribution in [0.15, 0.2) is 37.1 Å². The van der Waals surface area contributed by atoms with Gasteiger partial charge >= 0.3 is 0 Å². The molecule has 0 unspecified atom stereocenters. The van der Waals surface area contributed by atoms with Gasteiger partial charge in [0.05, 0.1) is 0 Å². The van der Waals surface area contributed by atoms with Gasteiger partial charge < -0.3 is 10.2 Å². The number of aromatic nitrogens is 4. The molecule has 2 aromatic heterocycles. The summed E-state index contributed by atoms with van der Waals surface area (Å²) in [6.07, 6.45) is 9.66. The predicted octanol–water partition coefficient (Wildman–Crippen LogP) is 1.37. The Morgan fingerprint density at radius 2 is 2.04 bits per heavy atom. The fraction of sp³-hybridized carbons (Fsp3) is 0.438. The molecule has 7 heteroatoms. The lowest BCUT2D eigenvalue weighted by Gasteiger charge is -2.45. The van der Waals surface area contributed by atoms with Crippen molar-refractivity contribution in [1.29, 1.82) is 0 Å². The zero-order valence-corrected chi connectivity index (χ0v) is 12.7. The van der Waals surface area contributed by atoms with E-state index in [0.717, 1.165) is 32.4 Å². The molecule has 1 saturated carbocycles. The number of amides is 1. The molecule has 4 rings (SSSR count). The monoisotopic (exact) mass is 310 g/mol. The Hall–Kier alpha value is -2.57. The first-order valence-corrected chi connectivity index (χ1v) is 7.83. The van der Waals surface area contributed by atoms with Crippen LogP contribution < -0.4 is 5.32 Å². The van der Waals surface area contributed by atoms with Crippen LogP contribution >= 0.6 is 0 Å². The Morgan fingerprint density at radius 1 is 1.22 bits per heavy atom. The van der Waals surface area contributed by atoms with Crippen molar-refractivity contribution in [3.05, 3.63) is 42.7 Å². The molecule has 3 heterocycles. The first-order chi connectivity index (χ1) is 11.2. The Labute approximate surface area is 134 Å². The van der Waals surface area contributed by atoms with Crippen LogP contribution in [0.25, 0.3) is 0 Å². The summed E-state index contributed by atoms with van der Waals surface area (Å²) in [5.74, 6) is 0.686. The van der Waals surface area contributed by atoms with Crippen molar-refractivity contribution in [1.82, 2.24) is 24.8 Å². The van der Waals surface area contributed by atoms with Crippen molar-refractivity contribution in [3.63, 3.8) is 0 Å². The number of rotatable bonds is 3. The van der Waals surface area contributed by atoms with Crippen LogP contribution in [0.1, 0.15) is 29.8 Å². The maximum Gasteiger partial charge on any atom is 0.272 e. The molecular weight excluding hydrogens is 292 g/mol. The fourth-order valence-electron chi connectivity index (χ4n) is 3.66. The topological polar surface area (TPSA) is 83.9 Å². The molecule has 2 fully saturated rings. The Bertz CT molecular complexity index is 686. The number of carbonyl (C=O) groups excluding carboxylic acids is 1. The maximum atomic E-state index is 12.4. The molecule has 2 aliphatic rings. The van der Waals surface area contributed by atoms with Crippen LogP contribution in [0, 0.1) is 5.41 Å². The van der Waals surface area contributed by atoms with Crippen molar-refractivity contribution in [3.8, 4) is 0 Å². The highest BCUT2D eigenvalue weighted by Crippen LogP contribution is 2.49. The van der Waals surface area contributed by atoms with Crippen LogP contribution in [0.3, 0.4) is 0 Å². The van der Waals surface area contributed by atoms with Gasteiger partial charge in [0, 0.05) is 37.7 Å². The molecule has 0 aromatic carbocycles. The van der Waals surface area contributed by atoms with E-state index in [9.17, 15) is 4.79 Å². The molecule has 0 radical (unpaired) electrons. The molecule has 1 aliphatic heterocycles. The number of hydrogen-bond acceptors (Lipinski definition) is 6. The van der Waals surface area contributed by atoms with Gasteiger partial charge in [0.2, 0.25) is 5.95 Å². The molecule has 0 bridgehead atoms. The third-order valence-electron chi connectivity index (χ3n) is 4.78. The standard InChI is InChI=1S/C16H18N6O/c23-14(13-2-6-17-11-20-13)22-7-3-16(10-22)8-12(9-16)21-15-18-4-1-5-19-15/h1-2,4-6,11-12H,3,7-10H2,(H,18,19,21). The summed E-state index contributed by atoms with van der Waals surface area (Å²) in [6, 6.07) is 3.87. The van der Waals surface area contributed by atoms with E-state index in [-0.39, 0.29) is 11.3 Å². The number of nitrogens with zero attached hydrogens (tertiary/aromatic N) is 5. The minimum Gasteiger partial charge on any atom is -0.351 e. The van der Waals surface area contributed by atoms with Gasteiger partial charge in [-0.1, -0.05) is 0 Å². The van der Waals surface area contributed by atoms with Gasteiger partial charge in [-0.2, -0.15) is 0 Å². The smallest absolute Gasteiger partial charge is 0.272 e. The third-order valence-corrected chi connectivity index (χ3v) is 4.78. The van der Waals surface area contributed by atoms with E-state index in [1.54, 1.807) is 30.7 Å². The number of anilines is 1. The molecule has 1 amide bonds. The molecule has 1 N–H and O–H groups in total. The second-order valence-electron chi connectivity index (χ2n) is 6.39. The molecule has 7 nitrogen and oxygen atoms in total. The Morgan fingerprint density at radius 3 is 2.78 bits per heavy atom. The van der Waals surface area contributed by atoms with Crippen LogP contribution in [0.5, 0.6) is 0 Å². The number of likely N-dealkylation sites (tertiary alicyclic amines) is 1. The highest BCUT2D eigenvalue weighted by Gasteiger charge is 2.49. The molecule has 118 valence electrons. The van der Waals surface area contributed by atoms with Gasteiger partial charge in [0.1, 0.15) is 12.0 Å². The lowest BCUT2D eigenvalue weighted by Crippen LogP contribution is -2.47. The summed E-state index contributed by atoms with van der Waals surface area (Å²) < 4.78 is 0. The summed E-state index contributed by atoms with van der Waals surface area (Å²) in [5.41, 5.74) is 0.721. The Kier molecular flexibility index (Phi) is 3.40. The van der Waals surface area contributed by atoms with E-state index >= 15 is 0 Å². The van der Waals surface area contributed by atoms with Crippen molar-refractivity contribution in [2.24, 2.45) is 5.41 Å². The van der Waals surface area contributed by atoms with Gasteiger partial charge in [0.25, 0.3) is 5.91 Å². The van der Waals surface area contributed by atoms with Gasteiger partial charge in [0.15, 0.2) is 0 Å². The van der Waals surface area contributed by atoms with Crippen LogP contribution in [-0.2, 0) is 0 Å². The lowest BCUT2D eigenvalue weighted by atomic mass is 9.65. The van der Waals surface area contributed by atoms with Crippen molar-refractivity contribution >= 4 is 11.9 Å². The summed E-state index contributed by atoms with van der Waals surface area (Å²) >= 11 is 0. The summed E-state index contributed by atoms with van der Waals surface area (Å²) in [7, 11) is 0. The number of hydrogen-bond donors (Lipinski definition) is 1. The molecule has 23 heavy (non-hydrogen) atoms. The quantitative estimate of drug-likeness (QED) is 0.922. The van der Waals surface area contributed by atoms with Crippen molar-refractivity contribution < 1.29 is 4.79 Å². The first-order valence-electron chi connectivity index (χ1n) is 7.83. The second-order valence-corrected chi connectivity index (χ2v) is 6.39. The van der Waals surface area contributed by atoms with E-state index in [2.05, 4.69) is 25.3 Å². The number of nitrogens with one attached hydrogen (secondary N) is 1. The lowest BCUT2D eigenvalue weighted by molar-refractivity contribution is 0.0710. The zero-order chi connectivity index (χ0) is 15.7. The average molecular weight is 310 g/mol. The molecule has 0 atom stereocenters. The zero-order valence-electron chi connectivity index (χ0n) is 12.7. The summed E-state index contributed by atoms with van der Waals surface area (Å²) in [4.78, 5) is 30.7. The van der Waals surface area contributed by atoms with Gasteiger partial charge in [-0.15, -0.1) is 0 Å². The van der Waals surface area contributed by atoms with Crippen LogP contribution in [0.4, 0.5) is 5.95 Å². The van der Waals surface area contributed by atoms with E-state index < -0.39 is 0 Å². The van der Waals surface area contributed by atoms with E-state index in [0.29, 0.717) is 17.7 Å². The maximum absolute atomic E-state index is 12.4. The SMILES string of the molecule is O=C(c1ccncn1)N1CCC2(CC(Nc3ncccn3)C2)C1. The average Bonchev–Trinajstić information content (AvgIpc) is 3.01. The highest BCUT2D eigenvalue weighted by atomic mass is 16.2. The summed E-state index contributed by atoms with van der Waals surface area (Å²) in [5, 5.41) is 3.36. The molecule has 1 saturated heterocycles. The molecule has 1 aliphatic carbocycles. The van der Waals surface area contributed by atoms with Gasteiger partial charge in [-0.25, -0.2) is 19.9 Å². The van der Waals surface area contributed by atoms with Crippen LogP contribution in [-0.4, -0.2) is 49.9 Å². The summed E-state index contributed by atoms with van der Waals surface area (Å²) in [6.45, 7) is 1.61. The first kappa shape index (κ1) is 14.0.